The molecule has 0 bridgehead atoms. The van der Waals surface area contributed by atoms with Gasteiger partial charge in [-0.05, 0) is 43.0 Å². The molecule has 2 aromatic rings. The molecule has 0 spiro atoms. The number of halogens is 1. The fourth-order valence-electron chi connectivity index (χ4n) is 2.83. The Morgan fingerprint density at radius 2 is 2.04 bits per heavy atom. The molecule has 0 N–H and O–H groups in total. The van der Waals surface area contributed by atoms with Crippen LogP contribution in [-0.2, 0) is 16.3 Å². The molecule has 0 saturated carbocycles. The maximum absolute atomic E-state index is 12.8. The summed E-state index contributed by atoms with van der Waals surface area (Å²) < 4.78 is 41.3. The minimum absolute atomic E-state index is 0.0285. The van der Waals surface area contributed by atoms with Crippen molar-refractivity contribution in [1.29, 1.82) is 0 Å². The zero-order chi connectivity index (χ0) is 18.6. The molecule has 1 aromatic heterocycles. The van der Waals surface area contributed by atoms with E-state index in [9.17, 15) is 17.6 Å². The van der Waals surface area contributed by atoms with Crippen molar-refractivity contribution in [3.05, 3.63) is 41.5 Å². The number of sulfone groups is 1. The second-order valence-corrected chi connectivity index (χ2v) is 9.59. The van der Waals surface area contributed by atoms with Gasteiger partial charge < -0.3 is 4.42 Å². The molecule has 9 heteroatoms. The fraction of sp³-hybridized carbons (Fsp3) is 0.471. The minimum atomic E-state index is -2.91. The lowest BCUT2D eigenvalue weighted by Gasteiger charge is -2.02. The Bertz CT molecular complexity index is 865. The number of rotatable bonds is 8. The van der Waals surface area contributed by atoms with Crippen molar-refractivity contribution in [3.63, 3.8) is 0 Å². The second-order valence-electron chi connectivity index (χ2n) is 6.32. The standard InChI is InChI=1S/C17H19FN2O4S2/c18-14-5-3-13(4-6-14)15(21)2-1-8-25-17-20-19-16(24-17)10-12-7-9-26(22,23)11-12/h3-6,12H,1-2,7-11H2/t12-/m1/s1. The predicted molar refractivity (Wildman–Crippen MR) is 95.5 cm³/mol. The lowest BCUT2D eigenvalue weighted by Crippen LogP contribution is -2.07. The highest BCUT2D eigenvalue weighted by Crippen LogP contribution is 2.24. The number of carbonyl (C=O) groups is 1. The van der Waals surface area contributed by atoms with Crippen LogP contribution in [0, 0.1) is 11.7 Å². The number of hydrogen-bond donors (Lipinski definition) is 0. The molecule has 3 rings (SSSR count). The number of benzene rings is 1. The Balaban J connectivity index is 1.39. The summed E-state index contributed by atoms with van der Waals surface area (Å²) >= 11 is 1.37. The van der Waals surface area contributed by atoms with E-state index in [4.69, 9.17) is 4.42 Å². The van der Waals surface area contributed by atoms with E-state index >= 15 is 0 Å². The van der Waals surface area contributed by atoms with Gasteiger partial charge in [0.2, 0.25) is 5.89 Å². The molecular weight excluding hydrogens is 379 g/mol. The third kappa shape index (κ3) is 5.38. The van der Waals surface area contributed by atoms with Crippen LogP contribution in [0.25, 0.3) is 0 Å². The van der Waals surface area contributed by atoms with Gasteiger partial charge in [0.1, 0.15) is 5.82 Å². The molecule has 6 nitrogen and oxygen atoms in total. The van der Waals surface area contributed by atoms with Crippen molar-refractivity contribution in [3.8, 4) is 0 Å². The summed E-state index contributed by atoms with van der Waals surface area (Å²) in [6, 6.07) is 5.52. The highest BCUT2D eigenvalue weighted by molar-refractivity contribution is 7.99. The van der Waals surface area contributed by atoms with E-state index in [1.165, 1.54) is 36.0 Å². The predicted octanol–water partition coefficient (Wildman–Crippen LogP) is 2.94. The minimum Gasteiger partial charge on any atom is -0.416 e. The number of aromatic nitrogens is 2. The average Bonchev–Trinajstić information content (AvgIpc) is 3.18. The van der Waals surface area contributed by atoms with Gasteiger partial charge in [0.25, 0.3) is 5.22 Å². The topological polar surface area (TPSA) is 90.1 Å². The van der Waals surface area contributed by atoms with Crippen LogP contribution in [-0.4, -0.2) is 41.7 Å². The SMILES string of the molecule is O=C(CCCSc1nnc(C[C@H]2CCS(=O)(=O)C2)o1)c1ccc(F)cc1. The van der Waals surface area contributed by atoms with E-state index in [0.717, 1.165) is 0 Å². The molecular formula is C17H19FN2O4S2. The van der Waals surface area contributed by atoms with E-state index in [2.05, 4.69) is 10.2 Å². The molecule has 1 fully saturated rings. The Kier molecular flexibility index (Phi) is 6.08. The van der Waals surface area contributed by atoms with Crippen molar-refractivity contribution in [2.45, 2.75) is 30.9 Å². The van der Waals surface area contributed by atoms with Gasteiger partial charge >= 0.3 is 0 Å². The Morgan fingerprint density at radius 3 is 2.73 bits per heavy atom. The largest absolute Gasteiger partial charge is 0.416 e. The summed E-state index contributed by atoms with van der Waals surface area (Å²) in [5.41, 5.74) is 0.503. The fourth-order valence-corrected chi connectivity index (χ4v) is 5.41. The molecule has 0 amide bonds. The summed E-state index contributed by atoms with van der Waals surface area (Å²) in [4.78, 5) is 12.0. The summed E-state index contributed by atoms with van der Waals surface area (Å²) in [5, 5.41) is 8.34. The van der Waals surface area contributed by atoms with Crippen LogP contribution < -0.4 is 0 Å². The van der Waals surface area contributed by atoms with Crippen molar-refractivity contribution < 1.29 is 22.0 Å². The number of ketones is 1. The Labute approximate surface area is 155 Å². The van der Waals surface area contributed by atoms with E-state index in [1.54, 1.807) is 0 Å². The first-order chi connectivity index (χ1) is 12.4. The molecule has 1 aromatic carbocycles. The summed E-state index contributed by atoms with van der Waals surface area (Å²) in [6.07, 6.45) is 2.12. The van der Waals surface area contributed by atoms with Crippen LogP contribution in [0.3, 0.4) is 0 Å². The molecule has 0 radical (unpaired) electrons. The Hall–Kier alpha value is -1.74. The van der Waals surface area contributed by atoms with Gasteiger partial charge in [0.05, 0.1) is 11.5 Å². The van der Waals surface area contributed by atoms with Gasteiger partial charge in [-0.3, -0.25) is 4.79 Å². The maximum atomic E-state index is 12.8. The molecule has 1 saturated heterocycles. The highest BCUT2D eigenvalue weighted by atomic mass is 32.2. The van der Waals surface area contributed by atoms with Gasteiger partial charge in [-0.15, -0.1) is 10.2 Å². The van der Waals surface area contributed by atoms with Gasteiger partial charge in [-0.1, -0.05) is 11.8 Å². The molecule has 1 aliphatic heterocycles. The number of hydrogen-bond acceptors (Lipinski definition) is 7. The second kappa shape index (κ2) is 8.30. The maximum Gasteiger partial charge on any atom is 0.276 e. The van der Waals surface area contributed by atoms with Crippen LogP contribution in [0.15, 0.2) is 33.9 Å². The summed E-state index contributed by atoms with van der Waals surface area (Å²) in [5.74, 6) is 1.17. The van der Waals surface area contributed by atoms with Crippen molar-refractivity contribution in [2.75, 3.05) is 17.3 Å². The first-order valence-corrected chi connectivity index (χ1v) is 11.2. The zero-order valence-electron chi connectivity index (χ0n) is 14.1. The molecule has 140 valence electrons. The summed E-state index contributed by atoms with van der Waals surface area (Å²) in [6.45, 7) is 0. The zero-order valence-corrected chi connectivity index (χ0v) is 15.7. The van der Waals surface area contributed by atoms with Crippen LogP contribution in [0.2, 0.25) is 0 Å². The van der Waals surface area contributed by atoms with Crippen LogP contribution in [0.1, 0.15) is 35.5 Å². The van der Waals surface area contributed by atoms with Crippen molar-refractivity contribution >= 4 is 27.4 Å². The Morgan fingerprint density at radius 1 is 1.27 bits per heavy atom. The average molecular weight is 398 g/mol. The highest BCUT2D eigenvalue weighted by Gasteiger charge is 2.29. The molecule has 0 aliphatic carbocycles. The summed E-state index contributed by atoms with van der Waals surface area (Å²) in [7, 11) is -2.91. The first-order valence-electron chi connectivity index (χ1n) is 8.36. The first kappa shape index (κ1) is 19.0. The number of Topliss-reactive ketones (excluding diaryl/α,β-unsaturated/α-hetero) is 1. The molecule has 26 heavy (non-hydrogen) atoms. The van der Waals surface area contributed by atoms with E-state index < -0.39 is 9.84 Å². The van der Waals surface area contributed by atoms with Gasteiger partial charge in [-0.2, -0.15) is 0 Å². The molecule has 1 atom stereocenters. The van der Waals surface area contributed by atoms with Crippen molar-refractivity contribution in [1.82, 2.24) is 10.2 Å². The molecule has 2 heterocycles. The van der Waals surface area contributed by atoms with Crippen LogP contribution in [0.4, 0.5) is 4.39 Å². The normalized spacial score (nSPS) is 18.9. The van der Waals surface area contributed by atoms with Crippen LogP contribution in [0.5, 0.6) is 0 Å². The quantitative estimate of drug-likeness (QED) is 0.384. The smallest absolute Gasteiger partial charge is 0.276 e. The van der Waals surface area contributed by atoms with E-state index in [1.807, 2.05) is 0 Å². The number of carbonyl (C=O) groups excluding carboxylic acids is 1. The van der Waals surface area contributed by atoms with Gasteiger partial charge in [0.15, 0.2) is 15.6 Å². The third-order valence-electron chi connectivity index (χ3n) is 4.18. The third-order valence-corrected chi connectivity index (χ3v) is 6.92. The van der Waals surface area contributed by atoms with Gasteiger partial charge in [-0.25, -0.2) is 12.8 Å². The van der Waals surface area contributed by atoms with E-state index in [0.29, 0.717) is 48.1 Å². The van der Waals surface area contributed by atoms with Gasteiger partial charge in [0, 0.05) is 24.2 Å². The molecule has 0 unspecified atom stereocenters. The lowest BCUT2D eigenvalue weighted by molar-refractivity contribution is 0.0982. The van der Waals surface area contributed by atoms with E-state index in [-0.39, 0.29) is 29.0 Å². The van der Waals surface area contributed by atoms with Crippen LogP contribution >= 0.6 is 11.8 Å². The van der Waals surface area contributed by atoms with Crippen molar-refractivity contribution in [2.24, 2.45) is 5.92 Å². The number of thioether (sulfide) groups is 1. The monoisotopic (exact) mass is 398 g/mol. The molecule has 1 aliphatic rings. The number of nitrogens with zero attached hydrogens (tertiary/aromatic N) is 2. The lowest BCUT2D eigenvalue weighted by atomic mass is 10.1.